The Morgan fingerprint density at radius 1 is 1.36 bits per heavy atom. The average molecular weight is 357 g/mol. The molecule has 1 heterocycles. The monoisotopic (exact) mass is 356 g/mol. The standard InChI is InChI=1S/C10H4ClF3N2O5S/c11-6-4-7(16(17)18)9(8-5(6)2-1-3-15-8)21-22(19,20)10(12,13)14/h1-4H. The Bertz CT molecular complexity index is 869. The van der Waals surface area contributed by atoms with Gasteiger partial charge in [-0.3, -0.25) is 15.1 Å². The lowest BCUT2D eigenvalue weighted by atomic mass is 10.2. The third-order valence-corrected chi connectivity index (χ3v) is 3.72. The van der Waals surface area contributed by atoms with Crippen LogP contribution in [0, 0.1) is 10.1 Å². The average Bonchev–Trinajstić information content (AvgIpc) is 2.40. The molecule has 0 saturated carbocycles. The molecule has 1 aromatic heterocycles. The maximum atomic E-state index is 12.4. The Kier molecular flexibility index (Phi) is 3.87. The fraction of sp³-hybridized carbons (Fsp3) is 0.100. The number of nitro benzene ring substituents is 1. The van der Waals surface area contributed by atoms with Gasteiger partial charge in [0.15, 0.2) is 0 Å². The molecule has 0 spiro atoms. The lowest BCUT2D eigenvalue weighted by molar-refractivity contribution is -0.385. The number of hydrogen-bond acceptors (Lipinski definition) is 6. The molecule has 0 amide bonds. The van der Waals surface area contributed by atoms with Crippen molar-refractivity contribution in [3.05, 3.63) is 39.5 Å². The molecule has 2 rings (SSSR count). The highest BCUT2D eigenvalue weighted by Gasteiger charge is 2.49. The fourth-order valence-corrected chi connectivity index (χ4v) is 2.27. The minimum absolute atomic E-state index is 0.00198. The summed E-state index contributed by atoms with van der Waals surface area (Å²) in [6.07, 6.45) is 1.09. The van der Waals surface area contributed by atoms with Crippen LogP contribution in [0.2, 0.25) is 5.02 Å². The maximum Gasteiger partial charge on any atom is 0.534 e. The van der Waals surface area contributed by atoms with Gasteiger partial charge < -0.3 is 4.18 Å². The van der Waals surface area contributed by atoms with Crippen LogP contribution in [0.1, 0.15) is 0 Å². The molecule has 2 aromatic rings. The highest BCUT2D eigenvalue weighted by molar-refractivity contribution is 7.88. The summed E-state index contributed by atoms with van der Waals surface area (Å²) >= 11 is 5.77. The van der Waals surface area contributed by atoms with E-state index in [4.69, 9.17) is 11.6 Å². The topological polar surface area (TPSA) is 99.4 Å². The number of nitrogens with zero attached hydrogens (tertiary/aromatic N) is 2. The molecule has 0 atom stereocenters. The van der Waals surface area contributed by atoms with Gasteiger partial charge in [-0.15, -0.1) is 0 Å². The molecule has 0 unspecified atom stereocenters. The van der Waals surface area contributed by atoms with Crippen molar-refractivity contribution >= 4 is 38.3 Å². The molecule has 0 N–H and O–H groups in total. The Labute approximate surface area is 125 Å². The summed E-state index contributed by atoms with van der Waals surface area (Å²) < 4.78 is 63.3. The second-order valence-electron chi connectivity index (χ2n) is 3.85. The lowest BCUT2D eigenvalue weighted by Crippen LogP contribution is -2.28. The van der Waals surface area contributed by atoms with Gasteiger partial charge in [-0.2, -0.15) is 21.6 Å². The van der Waals surface area contributed by atoms with Gasteiger partial charge in [0.1, 0.15) is 5.52 Å². The van der Waals surface area contributed by atoms with Gasteiger partial charge in [-0.05, 0) is 12.1 Å². The molecule has 118 valence electrons. The molecule has 0 bridgehead atoms. The van der Waals surface area contributed by atoms with Crippen LogP contribution in [0.3, 0.4) is 0 Å². The highest BCUT2D eigenvalue weighted by atomic mass is 35.5. The number of halogens is 4. The van der Waals surface area contributed by atoms with E-state index in [-0.39, 0.29) is 10.4 Å². The molecule has 1 aromatic carbocycles. The number of benzene rings is 1. The predicted octanol–water partition coefficient (Wildman–Crippen LogP) is 3.02. The molecule has 7 nitrogen and oxygen atoms in total. The Balaban J connectivity index is 2.79. The molecule has 0 radical (unpaired) electrons. The summed E-state index contributed by atoms with van der Waals surface area (Å²) in [6.45, 7) is 0. The molecule has 0 fully saturated rings. The van der Waals surface area contributed by atoms with Crippen molar-refractivity contribution in [2.75, 3.05) is 0 Å². The van der Waals surface area contributed by atoms with E-state index >= 15 is 0 Å². The fourth-order valence-electron chi connectivity index (χ4n) is 1.54. The van der Waals surface area contributed by atoms with Crippen molar-refractivity contribution in [1.29, 1.82) is 0 Å². The zero-order valence-electron chi connectivity index (χ0n) is 10.2. The summed E-state index contributed by atoms with van der Waals surface area (Å²) in [5.74, 6) is -1.15. The molecular weight excluding hydrogens is 353 g/mol. The van der Waals surface area contributed by atoms with Crippen molar-refractivity contribution in [1.82, 2.24) is 4.98 Å². The zero-order chi connectivity index (χ0) is 16.7. The van der Waals surface area contributed by atoms with Gasteiger partial charge in [-0.1, -0.05) is 11.6 Å². The predicted molar refractivity (Wildman–Crippen MR) is 69.0 cm³/mol. The minimum Gasteiger partial charge on any atom is -0.366 e. The van der Waals surface area contributed by atoms with Crippen LogP contribution in [-0.4, -0.2) is 23.8 Å². The summed E-state index contributed by atoms with van der Waals surface area (Å²) in [5, 5.41) is 10.7. The third-order valence-electron chi connectivity index (χ3n) is 2.45. The third kappa shape index (κ3) is 2.76. The van der Waals surface area contributed by atoms with Crippen LogP contribution in [0.4, 0.5) is 18.9 Å². The number of fused-ring (bicyclic) bond motifs is 1. The van der Waals surface area contributed by atoms with Crippen molar-refractivity contribution in [3.8, 4) is 5.75 Å². The van der Waals surface area contributed by atoms with Crippen LogP contribution in [0.5, 0.6) is 5.75 Å². The Morgan fingerprint density at radius 3 is 2.55 bits per heavy atom. The van der Waals surface area contributed by atoms with Crippen LogP contribution in [0.25, 0.3) is 10.9 Å². The number of aromatic nitrogens is 1. The summed E-state index contributed by atoms with van der Waals surface area (Å²) in [4.78, 5) is 13.4. The molecule has 22 heavy (non-hydrogen) atoms. The molecule has 0 aliphatic carbocycles. The van der Waals surface area contributed by atoms with Gasteiger partial charge in [-0.25, -0.2) is 0 Å². The van der Waals surface area contributed by atoms with E-state index in [2.05, 4.69) is 9.17 Å². The number of rotatable bonds is 3. The minimum atomic E-state index is -6.10. The second-order valence-corrected chi connectivity index (χ2v) is 5.79. The zero-order valence-corrected chi connectivity index (χ0v) is 11.7. The first-order valence-electron chi connectivity index (χ1n) is 5.27. The normalized spacial score (nSPS) is 12.4. The van der Waals surface area contributed by atoms with Crippen molar-refractivity contribution < 1.29 is 30.7 Å². The molecule has 0 aliphatic heterocycles. The number of alkyl halides is 3. The molecule has 0 saturated heterocycles. The summed E-state index contributed by atoms with van der Waals surface area (Å²) in [6, 6.07) is 3.34. The summed E-state index contributed by atoms with van der Waals surface area (Å²) in [7, 11) is -6.10. The van der Waals surface area contributed by atoms with E-state index in [0.29, 0.717) is 6.07 Å². The quantitative estimate of drug-likeness (QED) is 0.363. The number of pyridine rings is 1. The van der Waals surface area contributed by atoms with Crippen LogP contribution < -0.4 is 4.18 Å². The summed E-state index contributed by atoms with van der Waals surface area (Å²) in [5.41, 5.74) is -7.28. The molecular formula is C10H4ClF3N2O5S. The van der Waals surface area contributed by atoms with Gasteiger partial charge in [0.25, 0.3) is 0 Å². The Hall–Kier alpha value is -2.14. The first-order valence-corrected chi connectivity index (χ1v) is 7.05. The first-order chi connectivity index (χ1) is 10.0. The van der Waals surface area contributed by atoms with E-state index < -0.39 is 37.5 Å². The highest BCUT2D eigenvalue weighted by Crippen LogP contribution is 2.41. The molecule has 0 aliphatic rings. The maximum absolute atomic E-state index is 12.4. The van der Waals surface area contributed by atoms with E-state index in [1.165, 1.54) is 12.1 Å². The van der Waals surface area contributed by atoms with Gasteiger partial charge >= 0.3 is 21.3 Å². The number of hydrogen-bond donors (Lipinski definition) is 0. The van der Waals surface area contributed by atoms with E-state index in [0.717, 1.165) is 6.20 Å². The smallest absolute Gasteiger partial charge is 0.366 e. The van der Waals surface area contributed by atoms with Gasteiger partial charge in [0, 0.05) is 17.6 Å². The molecule has 12 heteroatoms. The van der Waals surface area contributed by atoms with Gasteiger partial charge in [0.2, 0.25) is 5.75 Å². The van der Waals surface area contributed by atoms with Crippen LogP contribution in [-0.2, 0) is 10.1 Å². The van der Waals surface area contributed by atoms with Crippen LogP contribution in [0.15, 0.2) is 24.4 Å². The van der Waals surface area contributed by atoms with Crippen molar-refractivity contribution in [2.24, 2.45) is 0 Å². The second kappa shape index (κ2) is 5.25. The largest absolute Gasteiger partial charge is 0.534 e. The van der Waals surface area contributed by atoms with E-state index in [9.17, 15) is 31.7 Å². The first kappa shape index (κ1) is 16.2. The Morgan fingerprint density at radius 2 is 2.00 bits per heavy atom. The van der Waals surface area contributed by atoms with Gasteiger partial charge in [0.05, 0.1) is 9.95 Å². The van der Waals surface area contributed by atoms with Crippen molar-refractivity contribution in [2.45, 2.75) is 5.51 Å². The van der Waals surface area contributed by atoms with E-state index in [1.54, 1.807) is 0 Å². The van der Waals surface area contributed by atoms with Crippen LogP contribution >= 0.6 is 11.6 Å². The number of nitro groups is 1. The van der Waals surface area contributed by atoms with E-state index in [1.807, 2.05) is 0 Å². The van der Waals surface area contributed by atoms with Crippen molar-refractivity contribution in [3.63, 3.8) is 0 Å². The lowest BCUT2D eigenvalue weighted by Gasteiger charge is -2.11. The SMILES string of the molecule is O=[N+]([O-])c1cc(Cl)c2cccnc2c1OS(=O)(=O)C(F)(F)F.